The molecule has 0 amide bonds. The van der Waals surface area contributed by atoms with Crippen molar-refractivity contribution in [1.29, 1.82) is 0 Å². The van der Waals surface area contributed by atoms with E-state index in [1.807, 2.05) is 31.2 Å². The number of carbonyl (C=O) groups excluding carboxylic acids is 1. The van der Waals surface area contributed by atoms with Crippen LogP contribution in [0.4, 0.5) is 0 Å². The summed E-state index contributed by atoms with van der Waals surface area (Å²) >= 11 is 3.34. The molecule has 30 heavy (non-hydrogen) atoms. The van der Waals surface area contributed by atoms with Gasteiger partial charge in [0.2, 0.25) is 0 Å². The summed E-state index contributed by atoms with van der Waals surface area (Å²) in [6.07, 6.45) is 6.36. The predicted octanol–water partition coefficient (Wildman–Crippen LogP) is 5.95. The van der Waals surface area contributed by atoms with Crippen LogP contribution in [0.25, 0.3) is 15.9 Å². The maximum absolute atomic E-state index is 13.1. The van der Waals surface area contributed by atoms with Crippen LogP contribution in [-0.2, 0) is 12.8 Å². The lowest BCUT2D eigenvalue weighted by atomic mass is 9.97. The topological polar surface area (TPSA) is 47.8 Å². The number of fused-ring (bicyclic) bond motifs is 3. The molecule has 0 N–H and O–H groups in total. The van der Waals surface area contributed by atoms with Crippen molar-refractivity contribution in [3.63, 3.8) is 0 Å². The molecule has 5 rings (SSSR count). The number of rotatable bonds is 5. The summed E-state index contributed by atoms with van der Waals surface area (Å²) in [6, 6.07) is 12.2. The van der Waals surface area contributed by atoms with Gasteiger partial charge in [-0.05, 0) is 63.3 Å². The van der Waals surface area contributed by atoms with Crippen LogP contribution in [0.5, 0.6) is 0 Å². The Labute approximate surface area is 184 Å². The maximum Gasteiger partial charge on any atom is 0.174 e. The number of benzene rings is 1. The van der Waals surface area contributed by atoms with E-state index in [0.29, 0.717) is 5.75 Å². The number of thioether (sulfide) groups is 1. The van der Waals surface area contributed by atoms with E-state index in [9.17, 15) is 4.79 Å². The van der Waals surface area contributed by atoms with Gasteiger partial charge in [0.05, 0.1) is 5.75 Å². The number of nitrogens with zero attached hydrogens (tertiary/aromatic N) is 3. The number of ketones is 1. The highest BCUT2D eigenvalue weighted by atomic mass is 32.2. The molecule has 1 aromatic carbocycles. The first-order chi connectivity index (χ1) is 14.6. The number of hydrogen-bond acceptors (Lipinski definition) is 5. The third kappa shape index (κ3) is 3.38. The molecule has 4 nitrogen and oxygen atoms in total. The van der Waals surface area contributed by atoms with Crippen LogP contribution in [0.2, 0.25) is 0 Å². The highest BCUT2D eigenvalue weighted by Crippen LogP contribution is 2.39. The Morgan fingerprint density at radius 3 is 2.77 bits per heavy atom. The molecule has 1 aliphatic carbocycles. The van der Waals surface area contributed by atoms with Gasteiger partial charge in [-0.15, -0.1) is 11.3 Å². The lowest BCUT2D eigenvalue weighted by Gasteiger charge is -2.11. The fourth-order valence-electron chi connectivity index (χ4n) is 4.40. The Morgan fingerprint density at radius 1 is 1.13 bits per heavy atom. The Bertz CT molecular complexity index is 1240. The molecule has 0 spiro atoms. The highest BCUT2D eigenvalue weighted by Gasteiger charge is 2.22. The van der Waals surface area contributed by atoms with E-state index < -0.39 is 0 Å². The molecular formula is C24H23N3OS2. The largest absolute Gasteiger partial charge is 0.318 e. The molecule has 0 radical (unpaired) electrons. The maximum atomic E-state index is 13.1. The Hall–Kier alpha value is -2.44. The van der Waals surface area contributed by atoms with E-state index in [2.05, 4.69) is 33.6 Å². The summed E-state index contributed by atoms with van der Waals surface area (Å²) in [5, 5.41) is 2.13. The lowest BCUT2D eigenvalue weighted by molar-refractivity contribution is 0.102. The first kappa shape index (κ1) is 19.5. The first-order valence-electron chi connectivity index (χ1n) is 10.3. The third-order valence-electron chi connectivity index (χ3n) is 5.80. The molecule has 0 saturated heterocycles. The van der Waals surface area contributed by atoms with Gasteiger partial charge in [-0.25, -0.2) is 9.97 Å². The van der Waals surface area contributed by atoms with E-state index in [1.54, 1.807) is 29.4 Å². The van der Waals surface area contributed by atoms with Gasteiger partial charge in [0, 0.05) is 32.9 Å². The van der Waals surface area contributed by atoms with Crippen molar-refractivity contribution in [2.24, 2.45) is 0 Å². The second-order valence-corrected chi connectivity index (χ2v) is 9.79. The zero-order valence-electron chi connectivity index (χ0n) is 17.1. The molecule has 3 heterocycles. The van der Waals surface area contributed by atoms with Crippen molar-refractivity contribution >= 4 is 39.1 Å². The average Bonchev–Trinajstić information content (AvgIpc) is 3.29. The summed E-state index contributed by atoms with van der Waals surface area (Å²) in [6.45, 7) is 4.07. The molecule has 0 atom stereocenters. The monoisotopic (exact) mass is 433 g/mol. The number of hydrogen-bond donors (Lipinski definition) is 0. The number of aryl methyl sites for hydroxylation is 3. The number of thiophene rings is 1. The molecular weight excluding hydrogens is 410 g/mol. The van der Waals surface area contributed by atoms with E-state index >= 15 is 0 Å². The van der Waals surface area contributed by atoms with Crippen LogP contribution in [0, 0.1) is 13.8 Å². The van der Waals surface area contributed by atoms with E-state index in [4.69, 9.17) is 0 Å². The van der Waals surface area contributed by atoms with Crippen LogP contribution in [0.3, 0.4) is 0 Å². The summed E-state index contributed by atoms with van der Waals surface area (Å²) in [5.41, 5.74) is 5.36. The summed E-state index contributed by atoms with van der Waals surface area (Å²) in [4.78, 5) is 24.7. The fourth-order valence-corrected chi connectivity index (χ4v) is 6.60. The molecule has 3 aromatic heterocycles. The SMILES string of the molecule is Cc1cc(C(=O)CSc2ncnc3sc4c(c23)CCCC4)c(C)n1-c1ccccc1. The Morgan fingerprint density at radius 2 is 1.93 bits per heavy atom. The van der Waals surface area contributed by atoms with Crippen LogP contribution in [0.1, 0.15) is 45.0 Å². The minimum Gasteiger partial charge on any atom is -0.318 e. The van der Waals surface area contributed by atoms with E-state index in [-0.39, 0.29) is 5.78 Å². The van der Waals surface area contributed by atoms with Gasteiger partial charge < -0.3 is 4.57 Å². The minimum atomic E-state index is 0.145. The van der Waals surface area contributed by atoms with Gasteiger partial charge in [-0.3, -0.25) is 4.79 Å². The molecule has 0 bridgehead atoms. The van der Waals surface area contributed by atoms with Crippen molar-refractivity contribution in [3.05, 3.63) is 70.1 Å². The highest BCUT2D eigenvalue weighted by molar-refractivity contribution is 8.00. The van der Waals surface area contributed by atoms with Gasteiger partial charge in [-0.1, -0.05) is 30.0 Å². The Balaban J connectivity index is 1.42. The van der Waals surface area contributed by atoms with Gasteiger partial charge in [-0.2, -0.15) is 0 Å². The van der Waals surface area contributed by atoms with E-state index in [1.165, 1.54) is 28.7 Å². The fraction of sp³-hybridized carbons (Fsp3) is 0.292. The van der Waals surface area contributed by atoms with Crippen LogP contribution >= 0.6 is 23.1 Å². The number of aromatic nitrogens is 3. The van der Waals surface area contributed by atoms with Crippen LogP contribution in [0.15, 0.2) is 47.8 Å². The molecule has 4 aromatic rings. The standard InChI is InChI=1S/C24H23N3OS2/c1-15-12-19(16(2)27(15)17-8-4-3-5-9-17)20(28)13-29-23-22-18-10-6-7-11-21(18)30-24(22)26-14-25-23/h3-5,8-9,12,14H,6-7,10-11,13H2,1-2H3. The summed E-state index contributed by atoms with van der Waals surface area (Å²) in [7, 11) is 0. The van der Waals surface area contributed by atoms with Gasteiger partial charge in [0.1, 0.15) is 16.2 Å². The van der Waals surface area contributed by atoms with Crippen molar-refractivity contribution < 1.29 is 4.79 Å². The molecule has 0 aliphatic heterocycles. The molecule has 0 saturated carbocycles. The van der Waals surface area contributed by atoms with Crippen LogP contribution < -0.4 is 0 Å². The van der Waals surface area contributed by atoms with E-state index in [0.717, 1.165) is 45.3 Å². The Kier molecular flexibility index (Phi) is 5.21. The average molecular weight is 434 g/mol. The molecule has 0 unspecified atom stereocenters. The normalized spacial score (nSPS) is 13.5. The van der Waals surface area contributed by atoms with Crippen molar-refractivity contribution in [3.8, 4) is 5.69 Å². The lowest BCUT2D eigenvalue weighted by Crippen LogP contribution is -2.06. The number of carbonyl (C=O) groups is 1. The molecule has 152 valence electrons. The van der Waals surface area contributed by atoms with Crippen LogP contribution in [-0.4, -0.2) is 26.1 Å². The van der Waals surface area contributed by atoms with Crippen molar-refractivity contribution in [2.45, 2.75) is 44.6 Å². The number of para-hydroxylation sites is 1. The third-order valence-corrected chi connectivity index (χ3v) is 7.99. The second kappa shape index (κ2) is 8.00. The molecule has 6 heteroatoms. The summed E-state index contributed by atoms with van der Waals surface area (Å²) in [5.74, 6) is 0.529. The summed E-state index contributed by atoms with van der Waals surface area (Å²) < 4.78 is 2.15. The van der Waals surface area contributed by atoms with Crippen molar-refractivity contribution in [1.82, 2.24) is 14.5 Å². The second-order valence-electron chi connectivity index (χ2n) is 7.74. The molecule has 1 aliphatic rings. The smallest absolute Gasteiger partial charge is 0.174 e. The van der Waals surface area contributed by atoms with Gasteiger partial charge in [0.15, 0.2) is 5.78 Å². The first-order valence-corrected chi connectivity index (χ1v) is 12.1. The zero-order valence-corrected chi connectivity index (χ0v) is 18.8. The van der Waals surface area contributed by atoms with Gasteiger partial charge >= 0.3 is 0 Å². The zero-order chi connectivity index (χ0) is 20.7. The minimum absolute atomic E-state index is 0.145. The number of Topliss-reactive ketones (excluding diaryl/α,β-unsaturated/α-hetero) is 1. The van der Waals surface area contributed by atoms with Gasteiger partial charge in [0.25, 0.3) is 0 Å². The molecule has 0 fully saturated rings. The quantitative estimate of drug-likeness (QED) is 0.222. The predicted molar refractivity (Wildman–Crippen MR) is 124 cm³/mol. The van der Waals surface area contributed by atoms with Crippen molar-refractivity contribution in [2.75, 3.05) is 5.75 Å².